The van der Waals surface area contributed by atoms with Crippen molar-refractivity contribution >= 4 is 34.7 Å². The second-order valence-corrected chi connectivity index (χ2v) is 7.38. The molecule has 0 saturated heterocycles. The van der Waals surface area contributed by atoms with Crippen LogP contribution in [0.15, 0.2) is 53.9 Å². The third kappa shape index (κ3) is 4.04. The van der Waals surface area contributed by atoms with Crippen LogP contribution < -0.4 is 14.8 Å². The first-order valence-corrected chi connectivity index (χ1v) is 9.95. The number of fused-ring (bicyclic) bond motifs is 1. The number of hydrogen-bond donors (Lipinski definition) is 1. The van der Waals surface area contributed by atoms with Crippen LogP contribution in [0.5, 0.6) is 11.5 Å². The van der Waals surface area contributed by atoms with Crippen molar-refractivity contribution in [2.45, 2.75) is 6.92 Å². The van der Waals surface area contributed by atoms with E-state index in [0.29, 0.717) is 16.4 Å². The molecule has 4 rings (SSSR count). The van der Waals surface area contributed by atoms with E-state index in [0.717, 1.165) is 11.1 Å². The van der Waals surface area contributed by atoms with Gasteiger partial charge in [0.2, 0.25) is 6.79 Å². The molecule has 2 heterocycles. The molecular formula is C22H17NO6S. The summed E-state index contributed by atoms with van der Waals surface area (Å²) in [6.45, 7) is 0.943. The molecule has 0 radical (unpaired) electrons. The Balaban J connectivity index is 1.44. The summed E-state index contributed by atoms with van der Waals surface area (Å²) in [5.41, 5.74) is 2.19. The number of anilines is 1. The van der Waals surface area contributed by atoms with Crippen LogP contribution in [-0.2, 0) is 9.53 Å². The minimum absolute atomic E-state index is 0.0479. The van der Waals surface area contributed by atoms with Crippen LogP contribution in [0.4, 0.5) is 5.69 Å². The van der Waals surface area contributed by atoms with Gasteiger partial charge in [-0.2, -0.15) is 0 Å². The maximum Gasteiger partial charge on any atom is 0.349 e. The first-order valence-electron chi connectivity index (χ1n) is 9.07. The number of rotatable bonds is 6. The van der Waals surface area contributed by atoms with Crippen molar-refractivity contribution in [1.29, 1.82) is 0 Å². The highest BCUT2D eigenvalue weighted by molar-refractivity contribution is 7.12. The van der Waals surface area contributed by atoms with Crippen LogP contribution in [0.3, 0.4) is 0 Å². The van der Waals surface area contributed by atoms with Gasteiger partial charge in [0.05, 0.1) is 5.69 Å². The van der Waals surface area contributed by atoms with E-state index in [1.165, 1.54) is 30.4 Å². The van der Waals surface area contributed by atoms with Gasteiger partial charge in [-0.3, -0.25) is 9.59 Å². The summed E-state index contributed by atoms with van der Waals surface area (Å²) in [5.74, 6) is -0.528. The molecule has 2 aromatic carbocycles. The highest BCUT2D eigenvalue weighted by atomic mass is 32.1. The molecule has 30 heavy (non-hydrogen) atoms. The van der Waals surface area contributed by atoms with E-state index in [9.17, 15) is 14.4 Å². The minimum atomic E-state index is -0.587. The number of hydrogen-bond acceptors (Lipinski definition) is 7. The number of amides is 1. The SMILES string of the molecule is CC(=O)c1cc2c(cc1NC(=O)COC(=O)c1sccc1-c1ccccc1)OCO2. The highest BCUT2D eigenvalue weighted by Crippen LogP contribution is 2.37. The average Bonchev–Trinajstić information content (AvgIpc) is 3.41. The molecule has 1 amide bonds. The van der Waals surface area contributed by atoms with Crippen molar-refractivity contribution in [3.05, 3.63) is 64.4 Å². The molecule has 0 atom stereocenters. The van der Waals surface area contributed by atoms with Crippen LogP contribution in [0.1, 0.15) is 27.0 Å². The fraction of sp³-hybridized carbons (Fsp3) is 0.136. The van der Waals surface area contributed by atoms with Gasteiger partial charge in [0, 0.05) is 17.2 Å². The lowest BCUT2D eigenvalue weighted by Gasteiger charge is -2.11. The zero-order valence-corrected chi connectivity index (χ0v) is 16.8. The molecule has 0 fully saturated rings. The number of esters is 1. The molecule has 0 saturated carbocycles. The van der Waals surface area contributed by atoms with Crippen LogP contribution >= 0.6 is 11.3 Å². The summed E-state index contributed by atoms with van der Waals surface area (Å²) < 4.78 is 15.7. The smallest absolute Gasteiger partial charge is 0.349 e. The second kappa shape index (κ2) is 8.38. The van der Waals surface area contributed by atoms with E-state index in [1.807, 2.05) is 36.4 Å². The van der Waals surface area contributed by atoms with Crippen molar-refractivity contribution in [2.24, 2.45) is 0 Å². The summed E-state index contributed by atoms with van der Waals surface area (Å²) in [7, 11) is 0. The lowest BCUT2D eigenvalue weighted by Crippen LogP contribution is -2.21. The van der Waals surface area contributed by atoms with Gasteiger partial charge >= 0.3 is 5.97 Å². The first kappa shape index (κ1) is 19.7. The minimum Gasteiger partial charge on any atom is -0.454 e. The van der Waals surface area contributed by atoms with E-state index >= 15 is 0 Å². The molecule has 7 nitrogen and oxygen atoms in total. The maximum absolute atomic E-state index is 12.5. The van der Waals surface area contributed by atoms with Gasteiger partial charge in [-0.25, -0.2) is 4.79 Å². The Labute approximate surface area is 176 Å². The first-order chi connectivity index (χ1) is 14.5. The lowest BCUT2D eigenvalue weighted by molar-refractivity contribution is -0.119. The van der Waals surface area contributed by atoms with Crippen LogP contribution in [0.2, 0.25) is 0 Å². The zero-order valence-electron chi connectivity index (χ0n) is 16.0. The summed E-state index contributed by atoms with van der Waals surface area (Å²) in [5, 5.41) is 4.40. The highest BCUT2D eigenvalue weighted by Gasteiger charge is 2.21. The number of nitrogens with one attached hydrogen (secondary N) is 1. The number of Topliss-reactive ketones (excluding diaryl/α,β-unsaturated/α-hetero) is 1. The van der Waals surface area contributed by atoms with Gasteiger partial charge in [0.1, 0.15) is 4.88 Å². The Bertz CT molecular complexity index is 1120. The van der Waals surface area contributed by atoms with Gasteiger partial charge in [-0.15, -0.1) is 11.3 Å². The maximum atomic E-state index is 12.5. The van der Waals surface area contributed by atoms with Gasteiger partial charge in [0.25, 0.3) is 5.91 Å². The Hall–Kier alpha value is -3.65. The Kier molecular flexibility index (Phi) is 5.49. The second-order valence-electron chi connectivity index (χ2n) is 6.46. The molecule has 0 aliphatic carbocycles. The topological polar surface area (TPSA) is 90.9 Å². The number of benzene rings is 2. The molecule has 1 aromatic heterocycles. The predicted molar refractivity (Wildman–Crippen MR) is 111 cm³/mol. The summed E-state index contributed by atoms with van der Waals surface area (Å²) in [4.78, 5) is 37.2. The molecule has 1 N–H and O–H groups in total. The van der Waals surface area contributed by atoms with E-state index in [-0.39, 0.29) is 23.8 Å². The lowest BCUT2D eigenvalue weighted by atomic mass is 10.1. The normalized spacial score (nSPS) is 11.8. The van der Waals surface area contributed by atoms with E-state index in [2.05, 4.69) is 5.32 Å². The fourth-order valence-electron chi connectivity index (χ4n) is 3.03. The summed E-state index contributed by atoms with van der Waals surface area (Å²) >= 11 is 1.25. The van der Waals surface area contributed by atoms with Gasteiger partial charge < -0.3 is 19.5 Å². The number of carbonyl (C=O) groups is 3. The van der Waals surface area contributed by atoms with Crippen LogP contribution in [0.25, 0.3) is 11.1 Å². The Morgan fingerprint density at radius 3 is 2.53 bits per heavy atom. The predicted octanol–water partition coefficient (Wildman–Crippen LogP) is 4.14. The molecule has 0 spiro atoms. The zero-order chi connectivity index (χ0) is 21.1. The molecule has 152 valence electrons. The van der Waals surface area contributed by atoms with Crippen LogP contribution in [0, 0.1) is 0 Å². The van der Waals surface area contributed by atoms with Crippen molar-refractivity contribution in [2.75, 3.05) is 18.7 Å². The number of ether oxygens (including phenoxy) is 3. The van der Waals surface area contributed by atoms with Crippen molar-refractivity contribution in [1.82, 2.24) is 0 Å². The molecule has 0 unspecified atom stereocenters. The number of ketones is 1. The molecule has 1 aliphatic rings. The molecule has 8 heteroatoms. The third-order valence-corrected chi connectivity index (χ3v) is 5.33. The van der Waals surface area contributed by atoms with Crippen molar-refractivity contribution in [3.8, 4) is 22.6 Å². The average molecular weight is 423 g/mol. The Morgan fingerprint density at radius 1 is 1.07 bits per heavy atom. The fourth-order valence-corrected chi connectivity index (χ4v) is 3.84. The quantitative estimate of drug-likeness (QED) is 0.473. The van der Waals surface area contributed by atoms with E-state index < -0.39 is 18.5 Å². The van der Waals surface area contributed by atoms with Gasteiger partial charge in [-0.05, 0) is 30.0 Å². The largest absolute Gasteiger partial charge is 0.454 e. The monoisotopic (exact) mass is 423 g/mol. The Morgan fingerprint density at radius 2 is 1.80 bits per heavy atom. The van der Waals surface area contributed by atoms with Gasteiger partial charge in [-0.1, -0.05) is 30.3 Å². The molecule has 1 aliphatic heterocycles. The molecule has 3 aromatic rings. The van der Waals surface area contributed by atoms with E-state index in [4.69, 9.17) is 14.2 Å². The summed E-state index contributed by atoms with van der Waals surface area (Å²) in [6.07, 6.45) is 0. The molecular weight excluding hydrogens is 406 g/mol. The van der Waals surface area contributed by atoms with Gasteiger partial charge in [0.15, 0.2) is 23.9 Å². The number of thiophene rings is 1. The standard InChI is InChI=1S/C22H17NO6S/c1-13(24)16-9-18-19(29-12-28-18)10-17(16)23-20(25)11-27-22(26)21-15(7-8-30-21)14-5-3-2-4-6-14/h2-10H,11-12H2,1H3,(H,23,25). The van der Waals surface area contributed by atoms with Crippen LogP contribution in [-0.4, -0.2) is 31.1 Å². The van der Waals surface area contributed by atoms with E-state index in [1.54, 1.807) is 5.38 Å². The molecule has 0 bridgehead atoms. The van der Waals surface area contributed by atoms with Crippen molar-refractivity contribution < 1.29 is 28.6 Å². The van der Waals surface area contributed by atoms with Crippen molar-refractivity contribution in [3.63, 3.8) is 0 Å². The third-order valence-electron chi connectivity index (χ3n) is 4.44. The summed E-state index contributed by atoms with van der Waals surface area (Å²) in [6, 6.07) is 14.3. The number of carbonyl (C=O) groups excluding carboxylic acids is 3.